The van der Waals surface area contributed by atoms with Gasteiger partial charge in [0.25, 0.3) is 0 Å². The fraction of sp³-hybridized carbons (Fsp3) is 0.0164. The highest BCUT2D eigenvalue weighted by Gasteiger charge is 2.53. The number of nitriles is 2. The topological polar surface area (TPSA) is 97.4 Å². The molecule has 1 spiro atoms. The number of pyridine rings is 2. The number of rotatable bonds is 3. The zero-order valence-corrected chi connectivity index (χ0v) is 36.6. The summed E-state index contributed by atoms with van der Waals surface area (Å²) in [5.41, 5.74) is 14.8. The van der Waals surface area contributed by atoms with Crippen molar-refractivity contribution in [3.63, 3.8) is 0 Å². The number of nitrogens with zero attached hydrogens (tertiary/aromatic N) is 7. The number of hydrogen-bond donors (Lipinski definition) is 0. The fourth-order valence-corrected chi connectivity index (χ4v) is 11.8. The summed E-state index contributed by atoms with van der Waals surface area (Å²) in [6, 6.07) is 70.0. The third-order valence-corrected chi connectivity index (χ3v) is 14.6. The predicted octanol–water partition coefficient (Wildman–Crippen LogP) is 14.0. The first-order valence-corrected chi connectivity index (χ1v) is 22.9. The maximum Gasteiger partial charge on any atom is 0.132 e. The van der Waals surface area contributed by atoms with Gasteiger partial charge in [-0.3, -0.25) is 9.97 Å². The Kier molecular flexibility index (Phi) is 7.41. The Balaban J connectivity index is 1.07. The van der Waals surface area contributed by atoms with Crippen LogP contribution in [-0.4, -0.2) is 23.7 Å². The average molecular weight is 880 g/mol. The van der Waals surface area contributed by atoms with E-state index < -0.39 is 5.41 Å². The lowest BCUT2D eigenvalue weighted by Crippen LogP contribution is -2.32. The van der Waals surface area contributed by atoms with Crippen LogP contribution in [0.1, 0.15) is 33.4 Å². The summed E-state index contributed by atoms with van der Waals surface area (Å²) in [4.78, 5) is 10.9. The second-order valence-electron chi connectivity index (χ2n) is 18.0. The molecule has 1 atom stereocenters. The largest absolute Gasteiger partial charge is 0.457 e. The van der Waals surface area contributed by atoms with E-state index in [0.717, 1.165) is 117 Å². The molecule has 5 aromatic heterocycles. The van der Waals surface area contributed by atoms with Gasteiger partial charge in [0.1, 0.15) is 11.5 Å². The van der Waals surface area contributed by atoms with E-state index in [4.69, 9.17) is 14.7 Å². The number of ether oxygens (including phenoxy) is 1. The molecule has 8 nitrogen and oxygen atoms in total. The van der Waals surface area contributed by atoms with Gasteiger partial charge in [-0.15, -0.1) is 0 Å². The van der Waals surface area contributed by atoms with Crippen LogP contribution in [0.25, 0.3) is 93.9 Å². The summed E-state index contributed by atoms with van der Waals surface area (Å²) in [7, 11) is 0. The molecule has 0 fully saturated rings. The van der Waals surface area contributed by atoms with Crippen LogP contribution in [0.4, 0.5) is 0 Å². The van der Waals surface area contributed by atoms with Crippen molar-refractivity contribution in [2.45, 2.75) is 5.41 Å². The lowest BCUT2D eigenvalue weighted by atomic mass is 9.66. The molecule has 0 saturated carbocycles. The summed E-state index contributed by atoms with van der Waals surface area (Å²) < 4.78 is 13.9. The molecule has 0 N–H and O–H groups in total. The van der Waals surface area contributed by atoms with Gasteiger partial charge in [-0.25, -0.2) is 0 Å². The Morgan fingerprint density at radius 1 is 0.362 bits per heavy atom. The molecule has 0 amide bonds. The molecule has 0 radical (unpaired) electrons. The third-order valence-electron chi connectivity index (χ3n) is 14.6. The molecular formula is C61H33N7O. The van der Waals surface area contributed by atoms with Crippen molar-refractivity contribution >= 4 is 65.4 Å². The SMILES string of the molecule is N#Cc1ccc2c(c1)c1ccccc1n2-c1ccc2c(c1)C1(c3ccccc3O2)c2cc(-n3c4ccccc4c4ccccc43)cnc2-c2ncc(-n3c4ccccc4c4cc(C#N)ccc43)cc21. The molecule has 8 heteroatoms. The third kappa shape index (κ3) is 4.88. The lowest BCUT2D eigenvalue weighted by molar-refractivity contribution is 0.436. The summed E-state index contributed by atoms with van der Waals surface area (Å²) in [6.45, 7) is 0. The fourth-order valence-electron chi connectivity index (χ4n) is 11.8. The van der Waals surface area contributed by atoms with Gasteiger partial charge in [-0.05, 0) is 97.1 Å². The molecule has 0 saturated heterocycles. The van der Waals surface area contributed by atoms with Crippen molar-refractivity contribution in [3.8, 4) is 52.1 Å². The van der Waals surface area contributed by atoms with Gasteiger partial charge >= 0.3 is 0 Å². The molecule has 13 aromatic rings. The normalized spacial score (nSPS) is 14.5. The minimum atomic E-state index is -0.977. The Labute approximate surface area is 394 Å². The molecule has 318 valence electrons. The van der Waals surface area contributed by atoms with E-state index in [1.54, 1.807) is 0 Å². The van der Waals surface area contributed by atoms with Crippen LogP contribution < -0.4 is 4.74 Å². The Hall–Kier alpha value is -9.76. The average Bonchev–Trinajstić information content (AvgIpc) is 4.12. The van der Waals surface area contributed by atoms with E-state index in [1.165, 1.54) is 10.8 Å². The molecule has 6 heterocycles. The van der Waals surface area contributed by atoms with Gasteiger partial charge in [0, 0.05) is 60.3 Å². The van der Waals surface area contributed by atoms with Gasteiger partial charge in [-0.2, -0.15) is 10.5 Å². The van der Waals surface area contributed by atoms with E-state index in [0.29, 0.717) is 11.1 Å². The van der Waals surface area contributed by atoms with E-state index in [2.05, 4.69) is 171 Å². The van der Waals surface area contributed by atoms with Gasteiger partial charge in [0.15, 0.2) is 0 Å². The number of fused-ring (bicyclic) bond motifs is 18. The molecule has 8 aromatic carbocycles. The van der Waals surface area contributed by atoms with E-state index in [1.807, 2.05) is 54.9 Å². The van der Waals surface area contributed by atoms with Crippen molar-refractivity contribution in [1.82, 2.24) is 23.7 Å². The lowest BCUT2D eigenvalue weighted by Gasteiger charge is -2.39. The summed E-state index contributed by atoms with van der Waals surface area (Å²) in [5.74, 6) is 1.49. The first-order chi connectivity index (χ1) is 34.1. The zero-order valence-electron chi connectivity index (χ0n) is 36.6. The number of aromatic nitrogens is 5. The highest BCUT2D eigenvalue weighted by atomic mass is 16.5. The van der Waals surface area contributed by atoms with Crippen LogP contribution >= 0.6 is 0 Å². The Bertz CT molecular complexity index is 4470. The summed E-state index contributed by atoms with van der Waals surface area (Å²) in [5, 5.41) is 26.4. The van der Waals surface area contributed by atoms with Gasteiger partial charge < -0.3 is 18.4 Å². The summed E-state index contributed by atoms with van der Waals surface area (Å²) in [6.07, 6.45) is 3.95. The standard InChI is InChI=1S/C61H33N7O/c62-32-36-21-24-55-45(27-36)43-13-3-8-18-53(43)66(55)38-23-26-58-48(29-38)61(47-15-5-10-20-57(47)69-58)49-30-39(67-51-16-6-1-11-41(51)42-12-2-7-17-52(42)67)34-64-59(49)60-50(61)31-40(35-65-60)68-54-19-9-4-14-44(54)46-28-37(33-63)22-25-56(46)68/h1-31,34-35H. The van der Waals surface area contributed by atoms with Gasteiger partial charge in [0.05, 0.1) is 96.9 Å². The highest BCUT2D eigenvalue weighted by Crippen LogP contribution is 2.62. The van der Waals surface area contributed by atoms with Crippen molar-refractivity contribution in [2.75, 3.05) is 0 Å². The minimum Gasteiger partial charge on any atom is -0.457 e. The predicted molar refractivity (Wildman–Crippen MR) is 272 cm³/mol. The van der Waals surface area contributed by atoms with Crippen LogP contribution in [0.3, 0.4) is 0 Å². The van der Waals surface area contributed by atoms with E-state index in [9.17, 15) is 10.5 Å². The molecular weight excluding hydrogens is 847 g/mol. The molecule has 1 aliphatic carbocycles. The summed E-state index contributed by atoms with van der Waals surface area (Å²) >= 11 is 0. The van der Waals surface area contributed by atoms with Crippen LogP contribution in [0.15, 0.2) is 200 Å². The van der Waals surface area contributed by atoms with Crippen molar-refractivity contribution in [3.05, 3.63) is 234 Å². The maximum absolute atomic E-state index is 9.98. The van der Waals surface area contributed by atoms with E-state index >= 15 is 0 Å². The molecule has 2 aliphatic rings. The first kappa shape index (κ1) is 37.5. The van der Waals surface area contributed by atoms with Crippen LogP contribution in [0, 0.1) is 22.7 Å². The molecule has 0 bridgehead atoms. The Morgan fingerprint density at radius 3 is 1.28 bits per heavy atom. The quantitative estimate of drug-likeness (QED) is 0.176. The molecule has 1 unspecified atom stereocenters. The van der Waals surface area contributed by atoms with Crippen molar-refractivity contribution in [2.24, 2.45) is 0 Å². The second-order valence-corrected chi connectivity index (χ2v) is 18.0. The van der Waals surface area contributed by atoms with Crippen LogP contribution in [0.5, 0.6) is 11.5 Å². The maximum atomic E-state index is 9.98. The minimum absolute atomic E-state index is 0.608. The van der Waals surface area contributed by atoms with Crippen molar-refractivity contribution in [1.29, 1.82) is 10.5 Å². The monoisotopic (exact) mass is 879 g/mol. The first-order valence-electron chi connectivity index (χ1n) is 22.9. The number of benzene rings is 8. The highest BCUT2D eigenvalue weighted by molar-refractivity contribution is 6.12. The van der Waals surface area contributed by atoms with E-state index in [-0.39, 0.29) is 0 Å². The molecule has 15 rings (SSSR count). The van der Waals surface area contributed by atoms with Crippen molar-refractivity contribution < 1.29 is 4.74 Å². The zero-order chi connectivity index (χ0) is 45.5. The van der Waals surface area contributed by atoms with Crippen LogP contribution in [0.2, 0.25) is 0 Å². The smallest absolute Gasteiger partial charge is 0.132 e. The molecule has 69 heavy (non-hydrogen) atoms. The molecule has 1 aliphatic heterocycles. The number of hydrogen-bond acceptors (Lipinski definition) is 5. The van der Waals surface area contributed by atoms with Gasteiger partial charge in [-0.1, -0.05) is 91.0 Å². The second kappa shape index (κ2) is 13.6. The van der Waals surface area contributed by atoms with Crippen LogP contribution in [-0.2, 0) is 5.41 Å². The number of para-hydroxylation sites is 5. The Morgan fingerprint density at radius 2 is 0.768 bits per heavy atom. The van der Waals surface area contributed by atoms with Gasteiger partial charge in [0.2, 0.25) is 0 Å².